The zero-order valence-electron chi connectivity index (χ0n) is 13.4. The van der Waals surface area contributed by atoms with Gasteiger partial charge in [0.15, 0.2) is 8.32 Å². The largest absolute Gasteiger partial charge is 0.415 e. The van der Waals surface area contributed by atoms with E-state index in [0.29, 0.717) is 6.61 Å². The van der Waals surface area contributed by atoms with Crippen LogP contribution in [0, 0.1) is 11.8 Å². The van der Waals surface area contributed by atoms with Crippen LogP contribution in [0.25, 0.3) is 0 Å². The molecule has 1 rings (SSSR count). The van der Waals surface area contributed by atoms with Crippen molar-refractivity contribution in [3.05, 3.63) is 12.7 Å². The SMILES string of the molecule is C=C[C@H]1[C@@H](C(C)=O)C(=O)N[C@@H]1CO[Si](C)(C)C(C)(C)C. The molecule has 0 unspecified atom stereocenters. The third-order valence-corrected chi connectivity index (χ3v) is 9.10. The van der Waals surface area contributed by atoms with E-state index in [4.69, 9.17) is 4.43 Å². The third-order valence-electron chi connectivity index (χ3n) is 4.60. The Labute approximate surface area is 123 Å². The van der Waals surface area contributed by atoms with Gasteiger partial charge >= 0.3 is 0 Å². The van der Waals surface area contributed by atoms with Crippen molar-refractivity contribution in [2.45, 2.75) is 51.9 Å². The number of ketones is 1. The van der Waals surface area contributed by atoms with Gasteiger partial charge in [-0.25, -0.2) is 0 Å². The summed E-state index contributed by atoms with van der Waals surface area (Å²) in [5.74, 6) is -1.10. The molecule has 0 radical (unpaired) electrons. The molecule has 0 spiro atoms. The Balaban J connectivity index is 2.77. The predicted molar refractivity (Wildman–Crippen MR) is 82.9 cm³/mol. The molecule has 1 aliphatic rings. The molecule has 1 amide bonds. The predicted octanol–water partition coefficient (Wildman–Crippen LogP) is 2.51. The smallest absolute Gasteiger partial charge is 0.231 e. The Morgan fingerprint density at radius 1 is 1.45 bits per heavy atom. The van der Waals surface area contributed by atoms with Gasteiger partial charge in [0, 0.05) is 5.92 Å². The van der Waals surface area contributed by atoms with Crippen molar-refractivity contribution in [1.82, 2.24) is 5.32 Å². The van der Waals surface area contributed by atoms with Gasteiger partial charge in [-0.2, -0.15) is 0 Å². The molecule has 1 saturated heterocycles. The van der Waals surface area contributed by atoms with Gasteiger partial charge in [0.05, 0.1) is 12.6 Å². The van der Waals surface area contributed by atoms with Crippen LogP contribution in [0.15, 0.2) is 12.7 Å². The van der Waals surface area contributed by atoms with Crippen LogP contribution in [0.3, 0.4) is 0 Å². The first-order chi connectivity index (χ1) is 9.01. The molecule has 1 N–H and O–H groups in total. The first-order valence-electron chi connectivity index (χ1n) is 7.08. The number of carbonyl (C=O) groups excluding carboxylic acids is 2. The molecule has 1 heterocycles. The lowest BCUT2D eigenvalue weighted by atomic mass is 9.88. The maximum Gasteiger partial charge on any atom is 0.231 e. The minimum atomic E-state index is -1.86. The Hall–Kier alpha value is -0.943. The lowest BCUT2D eigenvalue weighted by molar-refractivity contribution is -0.131. The van der Waals surface area contributed by atoms with Crippen molar-refractivity contribution >= 4 is 20.0 Å². The van der Waals surface area contributed by atoms with Gasteiger partial charge in [0.25, 0.3) is 0 Å². The number of nitrogens with one attached hydrogen (secondary N) is 1. The van der Waals surface area contributed by atoms with Crippen molar-refractivity contribution in [3.63, 3.8) is 0 Å². The second-order valence-electron chi connectivity index (χ2n) is 7.09. The summed E-state index contributed by atoms with van der Waals surface area (Å²) in [5, 5.41) is 3.00. The van der Waals surface area contributed by atoms with Crippen LogP contribution in [-0.2, 0) is 14.0 Å². The van der Waals surface area contributed by atoms with Gasteiger partial charge in [0.1, 0.15) is 11.7 Å². The summed E-state index contributed by atoms with van der Waals surface area (Å²) in [6, 6.07) is -0.150. The topological polar surface area (TPSA) is 55.4 Å². The first-order valence-corrected chi connectivity index (χ1v) is 9.99. The summed E-state index contributed by atoms with van der Waals surface area (Å²) in [4.78, 5) is 23.5. The molecule has 5 heteroatoms. The lowest BCUT2D eigenvalue weighted by Crippen LogP contribution is -2.45. The van der Waals surface area contributed by atoms with Crippen molar-refractivity contribution in [1.29, 1.82) is 0 Å². The lowest BCUT2D eigenvalue weighted by Gasteiger charge is -2.37. The van der Waals surface area contributed by atoms with Gasteiger partial charge in [-0.15, -0.1) is 6.58 Å². The van der Waals surface area contributed by atoms with E-state index in [1.165, 1.54) is 6.92 Å². The highest BCUT2D eigenvalue weighted by Gasteiger charge is 2.45. The van der Waals surface area contributed by atoms with E-state index in [-0.39, 0.29) is 28.7 Å². The minimum absolute atomic E-state index is 0.109. The minimum Gasteiger partial charge on any atom is -0.415 e. The molecule has 0 saturated carbocycles. The number of Topliss-reactive ketones (excluding diaryl/α,β-unsaturated/α-hetero) is 1. The Morgan fingerprint density at radius 3 is 2.40 bits per heavy atom. The number of hydrogen-bond donors (Lipinski definition) is 1. The van der Waals surface area contributed by atoms with Gasteiger partial charge in [-0.3, -0.25) is 9.59 Å². The molecule has 1 aliphatic heterocycles. The summed E-state index contributed by atoms with van der Waals surface area (Å²) in [6.07, 6.45) is 1.70. The van der Waals surface area contributed by atoms with Crippen LogP contribution in [0.5, 0.6) is 0 Å². The molecular formula is C15H27NO3Si. The zero-order valence-corrected chi connectivity index (χ0v) is 14.4. The molecule has 0 aliphatic carbocycles. The molecule has 0 aromatic heterocycles. The van der Waals surface area contributed by atoms with E-state index < -0.39 is 14.2 Å². The van der Waals surface area contributed by atoms with Crippen molar-refractivity contribution in [2.75, 3.05) is 6.61 Å². The molecule has 0 aromatic rings. The van der Waals surface area contributed by atoms with Crippen molar-refractivity contribution in [2.24, 2.45) is 11.8 Å². The molecule has 4 nitrogen and oxygen atoms in total. The molecule has 1 fully saturated rings. The Bertz CT molecular complexity index is 412. The average Bonchev–Trinajstić information content (AvgIpc) is 2.61. The van der Waals surface area contributed by atoms with Gasteiger partial charge in [0.2, 0.25) is 5.91 Å². The van der Waals surface area contributed by atoms with Crippen LogP contribution < -0.4 is 5.32 Å². The van der Waals surface area contributed by atoms with Gasteiger partial charge < -0.3 is 9.74 Å². The maximum atomic E-state index is 11.9. The summed E-state index contributed by atoms with van der Waals surface area (Å²) in [7, 11) is -1.86. The van der Waals surface area contributed by atoms with E-state index in [9.17, 15) is 9.59 Å². The summed E-state index contributed by atoms with van der Waals surface area (Å²) < 4.78 is 6.15. The highest BCUT2D eigenvalue weighted by molar-refractivity contribution is 6.74. The molecule has 3 atom stereocenters. The van der Waals surface area contributed by atoms with Crippen molar-refractivity contribution in [3.8, 4) is 0 Å². The molecular weight excluding hydrogens is 270 g/mol. The number of rotatable bonds is 5. The second kappa shape index (κ2) is 5.82. The van der Waals surface area contributed by atoms with E-state index in [1.54, 1.807) is 6.08 Å². The highest BCUT2D eigenvalue weighted by atomic mass is 28.4. The van der Waals surface area contributed by atoms with E-state index >= 15 is 0 Å². The fraction of sp³-hybridized carbons (Fsp3) is 0.733. The molecule has 114 valence electrons. The quantitative estimate of drug-likeness (QED) is 0.482. The third kappa shape index (κ3) is 3.38. The van der Waals surface area contributed by atoms with Crippen LogP contribution in [0.4, 0.5) is 0 Å². The molecule has 20 heavy (non-hydrogen) atoms. The summed E-state index contributed by atoms with van der Waals surface area (Å²) in [5.41, 5.74) is 0. The second-order valence-corrected chi connectivity index (χ2v) is 11.9. The van der Waals surface area contributed by atoms with Crippen LogP contribution in [-0.4, -0.2) is 32.7 Å². The Kier molecular flexibility index (Phi) is 4.97. The first kappa shape index (κ1) is 17.1. The van der Waals surface area contributed by atoms with Gasteiger partial charge in [-0.1, -0.05) is 26.8 Å². The van der Waals surface area contributed by atoms with Crippen molar-refractivity contribution < 1.29 is 14.0 Å². The summed E-state index contributed by atoms with van der Waals surface area (Å²) >= 11 is 0. The monoisotopic (exact) mass is 297 g/mol. The molecule has 0 bridgehead atoms. The van der Waals surface area contributed by atoms with E-state index in [1.807, 2.05) is 0 Å². The maximum absolute atomic E-state index is 11.9. The van der Waals surface area contributed by atoms with Crippen LogP contribution in [0.2, 0.25) is 18.1 Å². The number of hydrogen-bond acceptors (Lipinski definition) is 3. The number of amides is 1. The summed E-state index contributed by atoms with van der Waals surface area (Å²) in [6.45, 7) is 16.5. The van der Waals surface area contributed by atoms with Crippen LogP contribution >= 0.6 is 0 Å². The number of carbonyl (C=O) groups is 2. The average molecular weight is 297 g/mol. The standard InChI is InChI=1S/C15H27NO3Si/c1-8-11-12(16-14(18)13(11)10(2)17)9-19-20(6,7)15(3,4)5/h8,11-13H,1,9H2,2-7H3,(H,16,18)/t11-,12-,13-/m1/s1. The highest BCUT2D eigenvalue weighted by Crippen LogP contribution is 2.37. The fourth-order valence-electron chi connectivity index (χ4n) is 2.20. The normalized spacial score (nSPS) is 27.3. The van der Waals surface area contributed by atoms with E-state index in [0.717, 1.165) is 0 Å². The van der Waals surface area contributed by atoms with Gasteiger partial charge in [-0.05, 0) is 25.1 Å². The zero-order chi connectivity index (χ0) is 15.7. The van der Waals surface area contributed by atoms with E-state index in [2.05, 4.69) is 45.8 Å². The fourth-order valence-corrected chi connectivity index (χ4v) is 3.23. The van der Waals surface area contributed by atoms with Crippen LogP contribution in [0.1, 0.15) is 27.7 Å². The Morgan fingerprint density at radius 2 is 2.00 bits per heavy atom. The molecule has 0 aromatic carbocycles.